The molecule has 1 aliphatic heterocycles. The fourth-order valence-electron chi connectivity index (χ4n) is 7.45. The highest BCUT2D eigenvalue weighted by molar-refractivity contribution is 5.56. The van der Waals surface area contributed by atoms with E-state index < -0.39 is 0 Å². The van der Waals surface area contributed by atoms with Crippen molar-refractivity contribution in [2.75, 3.05) is 32.2 Å². The van der Waals surface area contributed by atoms with Crippen LogP contribution in [0, 0.1) is 5.92 Å². The second kappa shape index (κ2) is 9.57. The predicted octanol–water partition coefficient (Wildman–Crippen LogP) is 6.19. The molecule has 2 atom stereocenters. The fourth-order valence-corrected chi connectivity index (χ4v) is 7.45. The monoisotopic (exact) mass is 483 g/mol. The summed E-state index contributed by atoms with van der Waals surface area (Å²) in [5, 5.41) is 10.2. The standard InChI is InChI=1S/C32H37NO3/c1-35-31(36-2)24-15-19-33(20-16-24)26-9-7-23(8-10-26)30-28-12-11-27(34)21-25(28)14-18-32(30)17-13-22-5-3-4-6-29(22)32/h3-12,21,24,30-31,34H,13-20H2,1-2H3/t30-,32-/m0/s1. The minimum Gasteiger partial charge on any atom is -0.508 e. The number of rotatable bonds is 5. The summed E-state index contributed by atoms with van der Waals surface area (Å²) in [4.78, 5) is 2.50. The lowest BCUT2D eigenvalue weighted by molar-refractivity contribution is -0.141. The summed E-state index contributed by atoms with van der Waals surface area (Å²) in [6.07, 6.45) is 6.53. The number of phenols is 1. The first kappa shape index (κ1) is 23.6. The molecule has 0 saturated carbocycles. The number of aryl methyl sites for hydroxylation is 2. The lowest BCUT2D eigenvalue weighted by Crippen LogP contribution is -2.39. The molecule has 1 heterocycles. The maximum Gasteiger partial charge on any atom is 0.159 e. The molecule has 3 aromatic carbocycles. The number of fused-ring (bicyclic) bond motifs is 3. The van der Waals surface area contributed by atoms with Crippen LogP contribution < -0.4 is 4.90 Å². The third-order valence-corrected chi connectivity index (χ3v) is 9.21. The van der Waals surface area contributed by atoms with Crippen molar-refractivity contribution in [3.63, 3.8) is 0 Å². The molecule has 0 aromatic heterocycles. The smallest absolute Gasteiger partial charge is 0.159 e. The first-order valence-corrected chi connectivity index (χ1v) is 13.4. The van der Waals surface area contributed by atoms with E-state index in [0.29, 0.717) is 17.6 Å². The van der Waals surface area contributed by atoms with Crippen LogP contribution in [0.3, 0.4) is 0 Å². The minimum absolute atomic E-state index is 0.106. The van der Waals surface area contributed by atoms with Crippen molar-refractivity contribution in [1.82, 2.24) is 0 Å². The normalized spacial score (nSPS) is 23.8. The molecule has 36 heavy (non-hydrogen) atoms. The molecule has 0 radical (unpaired) electrons. The van der Waals surface area contributed by atoms with Gasteiger partial charge < -0.3 is 19.5 Å². The number of methoxy groups -OCH3 is 2. The zero-order valence-electron chi connectivity index (χ0n) is 21.5. The van der Waals surface area contributed by atoms with Crippen molar-refractivity contribution in [1.29, 1.82) is 0 Å². The summed E-state index contributed by atoms with van der Waals surface area (Å²) in [6.45, 7) is 2.05. The lowest BCUT2D eigenvalue weighted by Gasteiger charge is -2.44. The van der Waals surface area contributed by atoms with E-state index in [2.05, 4.69) is 59.5 Å². The molecule has 1 N–H and O–H groups in total. The molecule has 2 aliphatic carbocycles. The van der Waals surface area contributed by atoms with Crippen LogP contribution in [0.4, 0.5) is 5.69 Å². The van der Waals surface area contributed by atoms with Gasteiger partial charge in [0, 0.05) is 50.2 Å². The van der Waals surface area contributed by atoms with Crippen molar-refractivity contribution in [3.05, 3.63) is 94.5 Å². The number of piperidine rings is 1. The van der Waals surface area contributed by atoms with E-state index in [1.165, 1.54) is 39.9 Å². The Morgan fingerprint density at radius 3 is 2.28 bits per heavy atom. The highest BCUT2D eigenvalue weighted by Gasteiger charge is 2.48. The minimum atomic E-state index is -0.106. The van der Waals surface area contributed by atoms with Crippen LogP contribution in [-0.2, 0) is 27.7 Å². The van der Waals surface area contributed by atoms with Gasteiger partial charge in [0.1, 0.15) is 5.75 Å². The third-order valence-electron chi connectivity index (χ3n) is 9.21. The van der Waals surface area contributed by atoms with Crippen molar-refractivity contribution < 1.29 is 14.6 Å². The summed E-state index contributed by atoms with van der Waals surface area (Å²) in [6, 6.07) is 24.5. The van der Waals surface area contributed by atoms with Gasteiger partial charge in [0.05, 0.1) is 0 Å². The van der Waals surface area contributed by atoms with Crippen molar-refractivity contribution >= 4 is 5.69 Å². The summed E-state index contributed by atoms with van der Waals surface area (Å²) in [7, 11) is 3.47. The van der Waals surface area contributed by atoms with Gasteiger partial charge >= 0.3 is 0 Å². The Labute approximate surface area is 214 Å². The maximum atomic E-state index is 10.2. The van der Waals surface area contributed by atoms with E-state index in [9.17, 15) is 5.11 Å². The molecule has 3 aliphatic rings. The van der Waals surface area contributed by atoms with Gasteiger partial charge in [0.25, 0.3) is 0 Å². The van der Waals surface area contributed by atoms with Crippen LogP contribution in [-0.4, -0.2) is 38.7 Å². The van der Waals surface area contributed by atoms with E-state index in [1.54, 1.807) is 14.2 Å². The Morgan fingerprint density at radius 2 is 1.56 bits per heavy atom. The highest BCUT2D eigenvalue weighted by atomic mass is 16.7. The highest BCUT2D eigenvalue weighted by Crippen LogP contribution is 2.57. The Bertz CT molecular complexity index is 1210. The van der Waals surface area contributed by atoms with Crippen LogP contribution in [0.1, 0.15) is 59.4 Å². The summed E-state index contributed by atoms with van der Waals surface area (Å²) in [5.41, 5.74) is 8.53. The molecule has 4 heteroatoms. The SMILES string of the molecule is COC(OC)C1CCN(c2ccc([C@H]3c4ccc(O)cc4CC[C@]34CCc3ccccc34)cc2)CC1. The maximum absolute atomic E-state index is 10.2. The van der Waals surface area contributed by atoms with Gasteiger partial charge in [-0.05, 0) is 90.6 Å². The number of aromatic hydroxyl groups is 1. The largest absolute Gasteiger partial charge is 0.508 e. The van der Waals surface area contributed by atoms with Gasteiger partial charge in [0.15, 0.2) is 6.29 Å². The topological polar surface area (TPSA) is 41.9 Å². The van der Waals surface area contributed by atoms with Gasteiger partial charge in [-0.25, -0.2) is 0 Å². The Balaban J connectivity index is 1.32. The lowest BCUT2D eigenvalue weighted by atomic mass is 9.59. The van der Waals surface area contributed by atoms with E-state index in [4.69, 9.17) is 9.47 Å². The zero-order valence-corrected chi connectivity index (χ0v) is 21.5. The summed E-state index contributed by atoms with van der Waals surface area (Å²) < 4.78 is 11.0. The average Bonchev–Trinajstić information content (AvgIpc) is 3.29. The first-order chi connectivity index (χ1) is 17.6. The molecule has 3 aromatic rings. The molecule has 6 rings (SSSR count). The average molecular weight is 484 g/mol. The quantitative estimate of drug-likeness (QED) is 0.440. The van der Waals surface area contributed by atoms with Crippen LogP contribution in [0.2, 0.25) is 0 Å². The number of ether oxygens (including phenoxy) is 2. The fraction of sp³-hybridized carbons (Fsp3) is 0.438. The number of nitrogens with zero attached hydrogens (tertiary/aromatic N) is 1. The van der Waals surface area contributed by atoms with E-state index in [-0.39, 0.29) is 11.7 Å². The first-order valence-electron chi connectivity index (χ1n) is 13.4. The number of hydrogen-bond donors (Lipinski definition) is 1. The van der Waals surface area contributed by atoms with Gasteiger partial charge in [-0.15, -0.1) is 0 Å². The molecule has 1 saturated heterocycles. The van der Waals surface area contributed by atoms with Crippen LogP contribution in [0.5, 0.6) is 5.75 Å². The molecule has 0 unspecified atom stereocenters. The summed E-state index contributed by atoms with van der Waals surface area (Å²) in [5.74, 6) is 1.13. The molecule has 0 bridgehead atoms. The van der Waals surface area contributed by atoms with E-state index in [0.717, 1.165) is 45.2 Å². The van der Waals surface area contributed by atoms with Crippen molar-refractivity contribution in [2.45, 2.75) is 56.1 Å². The molecule has 0 amide bonds. The Morgan fingerprint density at radius 1 is 0.861 bits per heavy atom. The number of anilines is 1. The molecular formula is C32H37NO3. The van der Waals surface area contributed by atoms with Gasteiger partial charge in [0.2, 0.25) is 0 Å². The number of benzene rings is 3. The van der Waals surface area contributed by atoms with Gasteiger partial charge in [-0.1, -0.05) is 42.5 Å². The van der Waals surface area contributed by atoms with Gasteiger partial charge in [-0.3, -0.25) is 0 Å². The molecule has 188 valence electrons. The number of hydrogen-bond acceptors (Lipinski definition) is 4. The van der Waals surface area contributed by atoms with E-state index in [1.807, 2.05) is 12.1 Å². The zero-order chi connectivity index (χ0) is 24.7. The second-order valence-electron chi connectivity index (χ2n) is 10.9. The van der Waals surface area contributed by atoms with E-state index >= 15 is 0 Å². The van der Waals surface area contributed by atoms with Crippen molar-refractivity contribution in [2.24, 2.45) is 5.92 Å². The molecule has 1 fully saturated rings. The van der Waals surface area contributed by atoms with Crippen LogP contribution >= 0.6 is 0 Å². The molecular weight excluding hydrogens is 446 g/mol. The molecule has 4 nitrogen and oxygen atoms in total. The predicted molar refractivity (Wildman–Crippen MR) is 144 cm³/mol. The Hall–Kier alpha value is -2.82. The number of phenolic OH excluding ortho intramolecular Hbond substituents is 1. The van der Waals surface area contributed by atoms with Crippen molar-refractivity contribution in [3.8, 4) is 5.75 Å². The third kappa shape index (κ3) is 3.91. The second-order valence-corrected chi connectivity index (χ2v) is 10.9. The Kier molecular flexibility index (Phi) is 6.27. The van der Waals surface area contributed by atoms with Crippen LogP contribution in [0.15, 0.2) is 66.7 Å². The van der Waals surface area contributed by atoms with Crippen LogP contribution in [0.25, 0.3) is 0 Å². The van der Waals surface area contributed by atoms with Gasteiger partial charge in [-0.2, -0.15) is 0 Å². The molecule has 1 spiro atoms. The summed E-state index contributed by atoms with van der Waals surface area (Å²) >= 11 is 0.